The third kappa shape index (κ3) is 1.35. The molecule has 0 saturated carbocycles. The van der Waals surface area contributed by atoms with Crippen molar-refractivity contribution in [2.45, 2.75) is 19.8 Å². The molecule has 0 spiro atoms. The Bertz CT molecular complexity index is 350. The van der Waals surface area contributed by atoms with Crippen LogP contribution in [0, 0.1) is 0 Å². The highest BCUT2D eigenvalue weighted by Crippen LogP contribution is 2.30. The van der Waals surface area contributed by atoms with Gasteiger partial charge in [-0.2, -0.15) is 0 Å². The molecular weight excluding hydrogens is 160 g/mol. The van der Waals surface area contributed by atoms with Gasteiger partial charge < -0.3 is 4.74 Å². The van der Waals surface area contributed by atoms with Crippen molar-refractivity contribution < 1.29 is 4.74 Å². The van der Waals surface area contributed by atoms with E-state index in [1.165, 1.54) is 16.7 Å². The maximum absolute atomic E-state index is 5.34. The fraction of sp³-hybridized carbons (Fsp3) is 0.333. The lowest BCUT2D eigenvalue weighted by molar-refractivity contribution is 0.277. The number of aryl methyl sites for hydroxylation is 1. The number of allylic oxidation sites excluding steroid dienone is 2. The van der Waals surface area contributed by atoms with Gasteiger partial charge in [0.2, 0.25) is 0 Å². The summed E-state index contributed by atoms with van der Waals surface area (Å²) in [5.74, 6) is 1.14. The molecule has 0 aliphatic heterocycles. The van der Waals surface area contributed by atoms with Crippen LogP contribution in [0.25, 0.3) is 5.57 Å². The van der Waals surface area contributed by atoms with E-state index in [4.69, 9.17) is 4.74 Å². The minimum Gasteiger partial charge on any atom is -0.501 e. The van der Waals surface area contributed by atoms with Crippen LogP contribution in [-0.2, 0) is 11.2 Å². The summed E-state index contributed by atoms with van der Waals surface area (Å²) in [5, 5.41) is 0. The van der Waals surface area contributed by atoms with Crippen LogP contribution < -0.4 is 0 Å². The molecule has 2 rings (SSSR count). The topological polar surface area (TPSA) is 9.23 Å². The molecule has 13 heavy (non-hydrogen) atoms. The van der Waals surface area contributed by atoms with Gasteiger partial charge in [-0.3, -0.25) is 0 Å². The predicted octanol–water partition coefficient (Wildman–Crippen LogP) is 3.01. The number of rotatable bonds is 1. The monoisotopic (exact) mass is 174 g/mol. The van der Waals surface area contributed by atoms with Crippen LogP contribution in [0.15, 0.2) is 30.0 Å². The smallest absolute Gasteiger partial charge is 0.0993 e. The summed E-state index contributed by atoms with van der Waals surface area (Å²) in [6.45, 7) is 2.14. The molecule has 0 heterocycles. The summed E-state index contributed by atoms with van der Waals surface area (Å²) in [4.78, 5) is 0. The molecule has 0 N–H and O–H groups in total. The standard InChI is InChI=1S/C12H14O/c1-9-11-6-4-3-5-10(11)7-8-12(9)13-2/h3-6H,7-8H2,1-2H3. The molecule has 68 valence electrons. The summed E-state index contributed by atoms with van der Waals surface area (Å²) in [5.41, 5.74) is 4.09. The normalized spacial score (nSPS) is 15.5. The summed E-state index contributed by atoms with van der Waals surface area (Å²) < 4.78 is 5.34. The fourth-order valence-electron chi connectivity index (χ4n) is 1.95. The first-order valence-corrected chi connectivity index (χ1v) is 4.65. The molecule has 1 aromatic rings. The van der Waals surface area contributed by atoms with Crippen LogP contribution in [0.5, 0.6) is 0 Å². The number of ether oxygens (including phenoxy) is 1. The van der Waals surface area contributed by atoms with Crippen molar-refractivity contribution in [3.05, 3.63) is 41.2 Å². The quantitative estimate of drug-likeness (QED) is 0.636. The first-order chi connectivity index (χ1) is 6.33. The largest absolute Gasteiger partial charge is 0.501 e. The Morgan fingerprint density at radius 1 is 1.15 bits per heavy atom. The first kappa shape index (κ1) is 8.36. The molecule has 0 unspecified atom stereocenters. The number of benzene rings is 1. The van der Waals surface area contributed by atoms with E-state index in [0.29, 0.717) is 0 Å². The molecule has 0 amide bonds. The van der Waals surface area contributed by atoms with Gasteiger partial charge in [-0.1, -0.05) is 24.3 Å². The number of methoxy groups -OCH3 is 1. The van der Waals surface area contributed by atoms with Crippen molar-refractivity contribution >= 4 is 5.57 Å². The second-order valence-corrected chi connectivity index (χ2v) is 3.41. The van der Waals surface area contributed by atoms with Crippen LogP contribution in [0.3, 0.4) is 0 Å². The van der Waals surface area contributed by atoms with Crippen molar-refractivity contribution in [2.75, 3.05) is 7.11 Å². The molecule has 1 nitrogen and oxygen atoms in total. The zero-order valence-electron chi connectivity index (χ0n) is 8.13. The summed E-state index contributed by atoms with van der Waals surface area (Å²) >= 11 is 0. The van der Waals surface area contributed by atoms with E-state index in [2.05, 4.69) is 31.2 Å². The van der Waals surface area contributed by atoms with Crippen LogP contribution in [0.2, 0.25) is 0 Å². The molecule has 0 radical (unpaired) electrons. The lowest BCUT2D eigenvalue weighted by Gasteiger charge is -2.19. The highest BCUT2D eigenvalue weighted by Gasteiger charge is 2.14. The fourth-order valence-corrected chi connectivity index (χ4v) is 1.95. The average Bonchev–Trinajstić information content (AvgIpc) is 2.19. The zero-order valence-corrected chi connectivity index (χ0v) is 8.13. The van der Waals surface area contributed by atoms with E-state index in [1.54, 1.807) is 7.11 Å². The van der Waals surface area contributed by atoms with E-state index >= 15 is 0 Å². The van der Waals surface area contributed by atoms with Crippen LogP contribution in [0.1, 0.15) is 24.5 Å². The Morgan fingerprint density at radius 3 is 2.69 bits per heavy atom. The van der Waals surface area contributed by atoms with Gasteiger partial charge in [0.25, 0.3) is 0 Å². The molecule has 1 aliphatic carbocycles. The van der Waals surface area contributed by atoms with Crippen molar-refractivity contribution in [1.29, 1.82) is 0 Å². The Morgan fingerprint density at radius 2 is 1.92 bits per heavy atom. The summed E-state index contributed by atoms with van der Waals surface area (Å²) in [6.07, 6.45) is 2.15. The number of hydrogen-bond acceptors (Lipinski definition) is 1. The molecule has 0 atom stereocenters. The molecule has 1 heteroatoms. The van der Waals surface area contributed by atoms with E-state index in [0.717, 1.165) is 18.6 Å². The lowest BCUT2D eigenvalue weighted by Crippen LogP contribution is -2.04. The molecule has 0 saturated heterocycles. The van der Waals surface area contributed by atoms with E-state index in [1.807, 2.05) is 0 Å². The first-order valence-electron chi connectivity index (χ1n) is 4.65. The molecule has 0 bridgehead atoms. The van der Waals surface area contributed by atoms with E-state index in [-0.39, 0.29) is 0 Å². The minimum absolute atomic E-state index is 1.04. The average molecular weight is 174 g/mol. The second-order valence-electron chi connectivity index (χ2n) is 3.41. The van der Waals surface area contributed by atoms with E-state index < -0.39 is 0 Å². The van der Waals surface area contributed by atoms with Crippen molar-refractivity contribution in [1.82, 2.24) is 0 Å². The summed E-state index contributed by atoms with van der Waals surface area (Å²) in [6, 6.07) is 8.55. The molecule has 1 aromatic carbocycles. The van der Waals surface area contributed by atoms with Gasteiger partial charge in [-0.15, -0.1) is 0 Å². The SMILES string of the molecule is COC1=C(C)c2ccccc2CC1. The van der Waals surface area contributed by atoms with Gasteiger partial charge in [-0.05, 0) is 30.0 Å². The Labute approximate surface area is 79.0 Å². The Balaban J connectivity index is 2.52. The molecule has 0 fully saturated rings. The predicted molar refractivity (Wildman–Crippen MR) is 54.4 cm³/mol. The van der Waals surface area contributed by atoms with Gasteiger partial charge in [-0.25, -0.2) is 0 Å². The highest BCUT2D eigenvalue weighted by atomic mass is 16.5. The van der Waals surface area contributed by atoms with Crippen LogP contribution >= 0.6 is 0 Å². The molecular formula is C12H14O. The maximum Gasteiger partial charge on any atom is 0.0993 e. The van der Waals surface area contributed by atoms with Crippen LogP contribution in [-0.4, -0.2) is 7.11 Å². The minimum atomic E-state index is 1.04. The van der Waals surface area contributed by atoms with Crippen molar-refractivity contribution in [3.8, 4) is 0 Å². The Kier molecular flexibility index (Phi) is 2.09. The molecule has 0 aromatic heterocycles. The zero-order chi connectivity index (χ0) is 9.26. The van der Waals surface area contributed by atoms with Gasteiger partial charge in [0.1, 0.15) is 0 Å². The van der Waals surface area contributed by atoms with Gasteiger partial charge in [0.15, 0.2) is 0 Å². The Hall–Kier alpha value is -1.24. The maximum atomic E-state index is 5.34. The van der Waals surface area contributed by atoms with Gasteiger partial charge in [0, 0.05) is 6.42 Å². The number of hydrogen-bond donors (Lipinski definition) is 0. The van der Waals surface area contributed by atoms with Crippen LogP contribution in [0.4, 0.5) is 0 Å². The molecule has 1 aliphatic rings. The van der Waals surface area contributed by atoms with E-state index in [9.17, 15) is 0 Å². The second kappa shape index (κ2) is 3.25. The third-order valence-electron chi connectivity index (χ3n) is 2.71. The van der Waals surface area contributed by atoms with Crippen molar-refractivity contribution in [2.24, 2.45) is 0 Å². The van der Waals surface area contributed by atoms with Gasteiger partial charge in [0.05, 0.1) is 12.9 Å². The lowest BCUT2D eigenvalue weighted by atomic mass is 9.90. The highest BCUT2D eigenvalue weighted by molar-refractivity contribution is 5.70. The summed E-state index contributed by atoms with van der Waals surface area (Å²) in [7, 11) is 1.76. The third-order valence-corrected chi connectivity index (χ3v) is 2.71. The van der Waals surface area contributed by atoms with Crippen molar-refractivity contribution in [3.63, 3.8) is 0 Å². The number of fused-ring (bicyclic) bond motifs is 1. The van der Waals surface area contributed by atoms with Gasteiger partial charge >= 0.3 is 0 Å².